The molecule has 0 atom stereocenters. The van der Waals surface area contributed by atoms with Crippen LogP contribution in [0.4, 0.5) is 5.13 Å². The molecule has 2 heterocycles. The van der Waals surface area contributed by atoms with Crippen molar-refractivity contribution in [3.05, 3.63) is 59.2 Å². The summed E-state index contributed by atoms with van der Waals surface area (Å²) >= 11 is 1.24. The standard InChI is InChI=1S/C16H8N2O4S/c19-13-9-6-5-8(15(21)22)7-10(9)14(20)18(13)16-17-11-3-1-2-4-12(11)23-16/h1-7H,(H,21,22). The lowest BCUT2D eigenvalue weighted by molar-refractivity contribution is 0.0696. The van der Waals surface area contributed by atoms with Crippen LogP contribution in [-0.4, -0.2) is 27.9 Å². The molecular formula is C16H8N2O4S. The number of imide groups is 1. The maximum Gasteiger partial charge on any atom is 0.335 e. The third-order valence-corrected chi connectivity index (χ3v) is 4.63. The van der Waals surface area contributed by atoms with E-state index in [-0.39, 0.29) is 21.8 Å². The molecule has 4 rings (SSSR count). The van der Waals surface area contributed by atoms with Crippen molar-refractivity contribution in [3.63, 3.8) is 0 Å². The molecule has 23 heavy (non-hydrogen) atoms. The van der Waals surface area contributed by atoms with Crippen LogP contribution in [0, 0.1) is 0 Å². The van der Waals surface area contributed by atoms with E-state index in [1.54, 1.807) is 6.07 Å². The minimum Gasteiger partial charge on any atom is -0.478 e. The van der Waals surface area contributed by atoms with Crippen molar-refractivity contribution >= 4 is 44.5 Å². The molecule has 2 amide bonds. The van der Waals surface area contributed by atoms with Gasteiger partial charge in [-0.3, -0.25) is 9.59 Å². The van der Waals surface area contributed by atoms with Gasteiger partial charge in [0.2, 0.25) is 5.13 Å². The summed E-state index contributed by atoms with van der Waals surface area (Å²) in [7, 11) is 0. The van der Waals surface area contributed by atoms with Gasteiger partial charge in [-0.15, -0.1) is 0 Å². The number of rotatable bonds is 2. The molecule has 0 bridgehead atoms. The number of carbonyl (C=O) groups excluding carboxylic acids is 2. The largest absolute Gasteiger partial charge is 0.478 e. The van der Waals surface area contributed by atoms with Gasteiger partial charge in [-0.2, -0.15) is 0 Å². The topological polar surface area (TPSA) is 87.6 Å². The highest BCUT2D eigenvalue weighted by Crippen LogP contribution is 2.34. The lowest BCUT2D eigenvalue weighted by Gasteiger charge is -2.08. The fourth-order valence-corrected chi connectivity index (χ4v) is 3.47. The number of benzene rings is 2. The first kappa shape index (κ1) is 13.6. The summed E-state index contributed by atoms with van der Waals surface area (Å²) in [6, 6.07) is 11.2. The van der Waals surface area contributed by atoms with Gasteiger partial charge in [0.15, 0.2) is 0 Å². The molecule has 0 saturated heterocycles. The van der Waals surface area contributed by atoms with E-state index in [0.29, 0.717) is 5.52 Å². The Kier molecular flexibility index (Phi) is 2.79. The Morgan fingerprint density at radius 1 is 1.04 bits per heavy atom. The Labute approximate surface area is 133 Å². The van der Waals surface area contributed by atoms with Gasteiger partial charge in [-0.05, 0) is 30.3 Å². The number of fused-ring (bicyclic) bond motifs is 2. The first-order valence-corrected chi connectivity index (χ1v) is 7.49. The smallest absolute Gasteiger partial charge is 0.335 e. The van der Waals surface area contributed by atoms with Gasteiger partial charge in [-0.1, -0.05) is 23.5 Å². The minimum absolute atomic E-state index is 0.0314. The molecule has 1 aliphatic rings. The van der Waals surface area contributed by atoms with E-state index in [9.17, 15) is 14.4 Å². The molecule has 1 N–H and O–H groups in total. The molecule has 0 unspecified atom stereocenters. The fraction of sp³-hybridized carbons (Fsp3) is 0. The van der Waals surface area contributed by atoms with Gasteiger partial charge in [0.25, 0.3) is 11.8 Å². The average Bonchev–Trinajstić information content (AvgIpc) is 3.06. The predicted molar refractivity (Wildman–Crippen MR) is 84.2 cm³/mol. The van der Waals surface area contributed by atoms with Gasteiger partial charge in [-0.25, -0.2) is 14.7 Å². The molecular weight excluding hydrogens is 316 g/mol. The summed E-state index contributed by atoms with van der Waals surface area (Å²) in [6.07, 6.45) is 0. The zero-order valence-electron chi connectivity index (χ0n) is 11.5. The Morgan fingerprint density at radius 3 is 2.52 bits per heavy atom. The first-order valence-electron chi connectivity index (χ1n) is 6.68. The molecule has 7 heteroatoms. The van der Waals surface area contributed by atoms with Crippen molar-refractivity contribution in [3.8, 4) is 0 Å². The van der Waals surface area contributed by atoms with Gasteiger partial charge in [0, 0.05) is 0 Å². The molecule has 0 spiro atoms. The summed E-state index contributed by atoms with van der Waals surface area (Å²) in [6.45, 7) is 0. The average molecular weight is 324 g/mol. The lowest BCUT2D eigenvalue weighted by Crippen LogP contribution is -2.29. The van der Waals surface area contributed by atoms with E-state index in [0.717, 1.165) is 9.60 Å². The van der Waals surface area contributed by atoms with Crippen molar-refractivity contribution in [1.29, 1.82) is 0 Å². The predicted octanol–water partition coefficient (Wildman–Crippen LogP) is 2.80. The van der Waals surface area contributed by atoms with Crippen LogP contribution in [0.5, 0.6) is 0 Å². The number of hydrogen-bond donors (Lipinski definition) is 1. The van der Waals surface area contributed by atoms with Gasteiger partial charge in [0.05, 0.1) is 26.9 Å². The Morgan fingerprint density at radius 2 is 1.78 bits per heavy atom. The van der Waals surface area contributed by atoms with Crippen molar-refractivity contribution in [2.45, 2.75) is 0 Å². The summed E-state index contributed by atoms with van der Waals surface area (Å²) in [5.41, 5.74) is 0.958. The quantitative estimate of drug-likeness (QED) is 0.732. The Bertz CT molecular complexity index is 975. The number of carboxylic acids is 1. The summed E-state index contributed by atoms with van der Waals surface area (Å²) in [5.74, 6) is -2.18. The van der Waals surface area contributed by atoms with Crippen LogP contribution in [-0.2, 0) is 0 Å². The second-order valence-corrected chi connectivity index (χ2v) is 5.98. The van der Waals surface area contributed by atoms with Crippen LogP contribution < -0.4 is 4.90 Å². The molecule has 3 aromatic rings. The van der Waals surface area contributed by atoms with Gasteiger partial charge >= 0.3 is 5.97 Å². The number of para-hydroxylation sites is 1. The number of nitrogens with zero attached hydrogens (tertiary/aromatic N) is 2. The monoisotopic (exact) mass is 324 g/mol. The van der Waals surface area contributed by atoms with Crippen LogP contribution in [0.3, 0.4) is 0 Å². The van der Waals surface area contributed by atoms with E-state index in [4.69, 9.17) is 5.11 Å². The van der Waals surface area contributed by atoms with Crippen molar-refractivity contribution in [1.82, 2.24) is 4.98 Å². The highest BCUT2D eigenvalue weighted by molar-refractivity contribution is 7.22. The Balaban J connectivity index is 1.83. The number of aromatic nitrogens is 1. The number of anilines is 1. The highest BCUT2D eigenvalue weighted by atomic mass is 32.1. The number of amides is 2. The minimum atomic E-state index is -1.15. The van der Waals surface area contributed by atoms with E-state index in [1.807, 2.05) is 18.2 Å². The van der Waals surface area contributed by atoms with E-state index in [2.05, 4.69) is 4.98 Å². The number of aromatic carboxylic acids is 1. The number of hydrogen-bond acceptors (Lipinski definition) is 5. The van der Waals surface area contributed by atoms with Crippen molar-refractivity contribution in [2.24, 2.45) is 0 Å². The van der Waals surface area contributed by atoms with Crippen LogP contribution in [0.1, 0.15) is 31.1 Å². The van der Waals surface area contributed by atoms with Crippen LogP contribution in [0.25, 0.3) is 10.2 Å². The highest BCUT2D eigenvalue weighted by Gasteiger charge is 2.38. The molecule has 0 fully saturated rings. The molecule has 1 aliphatic heterocycles. The summed E-state index contributed by atoms with van der Waals surface area (Å²) < 4.78 is 0.866. The molecule has 0 aliphatic carbocycles. The third-order valence-electron chi connectivity index (χ3n) is 3.61. The SMILES string of the molecule is O=C(O)c1ccc2c(c1)C(=O)N(c1nc3ccccc3s1)C2=O. The maximum absolute atomic E-state index is 12.5. The normalized spacial score (nSPS) is 13.7. The van der Waals surface area contributed by atoms with Gasteiger partial charge in [0.1, 0.15) is 0 Å². The number of carboxylic acid groups (broad SMARTS) is 1. The third kappa shape index (κ3) is 1.94. The first-order chi connectivity index (χ1) is 11.1. The summed E-state index contributed by atoms with van der Waals surface area (Å²) in [4.78, 5) is 41.4. The van der Waals surface area contributed by atoms with Crippen LogP contribution >= 0.6 is 11.3 Å². The second kappa shape index (κ2) is 4.72. The zero-order valence-corrected chi connectivity index (χ0v) is 12.3. The molecule has 0 saturated carbocycles. The molecule has 0 radical (unpaired) electrons. The second-order valence-electron chi connectivity index (χ2n) is 4.98. The zero-order chi connectivity index (χ0) is 16.1. The van der Waals surface area contributed by atoms with Crippen LogP contribution in [0.15, 0.2) is 42.5 Å². The fourth-order valence-electron chi connectivity index (χ4n) is 2.50. The van der Waals surface area contributed by atoms with E-state index < -0.39 is 17.8 Å². The van der Waals surface area contributed by atoms with Gasteiger partial charge < -0.3 is 5.11 Å². The number of thiazole rings is 1. The van der Waals surface area contributed by atoms with Crippen molar-refractivity contribution < 1.29 is 19.5 Å². The van der Waals surface area contributed by atoms with Crippen molar-refractivity contribution in [2.75, 3.05) is 4.90 Å². The molecule has 1 aromatic heterocycles. The van der Waals surface area contributed by atoms with Crippen LogP contribution in [0.2, 0.25) is 0 Å². The number of carbonyl (C=O) groups is 3. The molecule has 2 aromatic carbocycles. The molecule has 6 nitrogen and oxygen atoms in total. The molecule has 112 valence electrons. The maximum atomic E-state index is 12.5. The van der Waals surface area contributed by atoms with E-state index in [1.165, 1.54) is 29.5 Å². The summed E-state index contributed by atoms with van der Waals surface area (Å²) in [5, 5.41) is 9.31. The lowest BCUT2D eigenvalue weighted by atomic mass is 10.1. The Hall–Kier alpha value is -3.06. The van der Waals surface area contributed by atoms with E-state index >= 15 is 0 Å².